The summed E-state index contributed by atoms with van der Waals surface area (Å²) < 4.78 is 0. The Kier molecular flexibility index (Phi) is 3.38. The number of carbonyl (C=O) groups is 2. The highest BCUT2D eigenvalue weighted by Gasteiger charge is 2.24. The summed E-state index contributed by atoms with van der Waals surface area (Å²) in [6.45, 7) is 5.71. The molecule has 0 radical (unpaired) electrons. The van der Waals surface area contributed by atoms with Crippen LogP contribution in [0.2, 0.25) is 0 Å². The third-order valence-corrected chi connectivity index (χ3v) is 3.06. The van der Waals surface area contributed by atoms with Gasteiger partial charge in [-0.15, -0.1) is 0 Å². The number of amides is 1. The summed E-state index contributed by atoms with van der Waals surface area (Å²) in [5, 5.41) is 4.41. The molecule has 3 nitrogen and oxygen atoms in total. The number of nitrogens with one attached hydrogen (secondary N) is 1. The van der Waals surface area contributed by atoms with Crippen molar-refractivity contribution in [2.75, 3.05) is 5.32 Å². The molecule has 0 aromatic heterocycles. The summed E-state index contributed by atoms with van der Waals surface area (Å²) in [6, 6.07) is 11.2. The molecule has 2 aromatic carbocycles. The van der Waals surface area contributed by atoms with Gasteiger partial charge in [0, 0.05) is 22.1 Å². The lowest BCUT2D eigenvalue weighted by atomic mass is 9.84. The summed E-state index contributed by atoms with van der Waals surface area (Å²) in [6.07, 6.45) is 0.646. The van der Waals surface area contributed by atoms with Crippen LogP contribution in [0.3, 0.4) is 0 Å². The van der Waals surface area contributed by atoms with Gasteiger partial charge in [-0.2, -0.15) is 0 Å². The zero-order chi connectivity index (χ0) is 14.0. The van der Waals surface area contributed by atoms with Crippen LogP contribution in [0.25, 0.3) is 10.8 Å². The molecule has 1 amide bonds. The minimum absolute atomic E-state index is 0.0985. The Morgan fingerprint density at radius 3 is 2.26 bits per heavy atom. The third kappa shape index (κ3) is 2.50. The van der Waals surface area contributed by atoms with Crippen molar-refractivity contribution in [1.82, 2.24) is 0 Å². The molecular weight excluding hydrogens is 238 g/mol. The van der Waals surface area contributed by atoms with Gasteiger partial charge >= 0.3 is 0 Å². The van der Waals surface area contributed by atoms with Crippen LogP contribution < -0.4 is 5.32 Å². The molecule has 1 N–H and O–H groups in total. The molecular formula is C16H17NO2. The third-order valence-electron chi connectivity index (χ3n) is 3.06. The van der Waals surface area contributed by atoms with E-state index < -0.39 is 5.41 Å². The van der Waals surface area contributed by atoms with E-state index in [1.54, 1.807) is 12.1 Å². The monoisotopic (exact) mass is 255 g/mol. The molecule has 0 aliphatic rings. The van der Waals surface area contributed by atoms with E-state index in [0.717, 1.165) is 16.5 Å². The first-order valence-corrected chi connectivity index (χ1v) is 6.22. The number of hydrogen-bond acceptors (Lipinski definition) is 2. The number of hydrogen-bond donors (Lipinski definition) is 1. The fourth-order valence-corrected chi connectivity index (χ4v) is 2.09. The van der Waals surface area contributed by atoms with E-state index in [9.17, 15) is 9.59 Å². The van der Waals surface area contributed by atoms with Crippen LogP contribution in [0.5, 0.6) is 0 Å². The Labute approximate surface area is 112 Å². The van der Waals surface area contributed by atoms with Gasteiger partial charge in [0.05, 0.1) is 0 Å². The lowest BCUT2D eigenvalue weighted by molar-refractivity contribution is -0.105. The molecule has 0 aliphatic heterocycles. The zero-order valence-electron chi connectivity index (χ0n) is 11.4. The molecule has 0 spiro atoms. The first kappa shape index (κ1) is 13.3. The number of Topliss-reactive ketones (excluding diaryl/α,β-unsaturated/α-hetero) is 1. The maximum Gasteiger partial charge on any atom is 0.211 e. The summed E-state index contributed by atoms with van der Waals surface area (Å²) in [5.41, 5.74) is 0.984. The normalized spacial score (nSPS) is 11.3. The van der Waals surface area contributed by atoms with Gasteiger partial charge in [-0.1, -0.05) is 45.0 Å². The van der Waals surface area contributed by atoms with Crippen molar-refractivity contribution in [2.45, 2.75) is 20.8 Å². The van der Waals surface area contributed by atoms with E-state index in [2.05, 4.69) is 5.32 Å². The fraction of sp³-hybridized carbons (Fsp3) is 0.250. The molecule has 0 fully saturated rings. The predicted octanol–water partition coefficient (Wildman–Crippen LogP) is 3.64. The van der Waals surface area contributed by atoms with Crippen molar-refractivity contribution >= 4 is 28.7 Å². The number of carbonyl (C=O) groups excluding carboxylic acids is 2. The highest BCUT2D eigenvalue weighted by molar-refractivity contribution is 6.13. The standard InChI is InChI=1S/C16H17NO2/c1-16(2,3)15(19)13-8-9-14(17-10-18)12-7-5-4-6-11(12)13/h4-10H,1-3H3,(H,17,18). The van der Waals surface area contributed by atoms with Crippen molar-refractivity contribution in [3.63, 3.8) is 0 Å². The Bertz CT molecular complexity index is 639. The van der Waals surface area contributed by atoms with E-state index in [1.807, 2.05) is 45.0 Å². The first-order chi connectivity index (χ1) is 8.95. The van der Waals surface area contributed by atoms with Crippen LogP contribution >= 0.6 is 0 Å². The first-order valence-electron chi connectivity index (χ1n) is 6.22. The van der Waals surface area contributed by atoms with Crippen LogP contribution in [0.15, 0.2) is 36.4 Å². The molecule has 3 heteroatoms. The summed E-state index contributed by atoms with van der Waals surface area (Å²) in [5.74, 6) is 0.0985. The van der Waals surface area contributed by atoms with E-state index in [1.165, 1.54) is 0 Å². The number of ketones is 1. The summed E-state index contributed by atoms with van der Waals surface area (Å²) in [4.78, 5) is 23.1. The van der Waals surface area contributed by atoms with Gasteiger partial charge in [0.1, 0.15) is 0 Å². The number of anilines is 1. The molecule has 19 heavy (non-hydrogen) atoms. The molecule has 0 atom stereocenters. The molecule has 0 unspecified atom stereocenters. The summed E-state index contributed by atoms with van der Waals surface area (Å²) >= 11 is 0. The highest BCUT2D eigenvalue weighted by atomic mass is 16.1. The topological polar surface area (TPSA) is 46.2 Å². The minimum atomic E-state index is -0.428. The molecule has 0 bridgehead atoms. The molecule has 0 saturated carbocycles. The van der Waals surface area contributed by atoms with Crippen molar-refractivity contribution in [2.24, 2.45) is 5.41 Å². The SMILES string of the molecule is CC(C)(C)C(=O)c1ccc(NC=O)c2ccccc12. The second-order valence-corrected chi connectivity index (χ2v) is 5.55. The average Bonchev–Trinajstić information content (AvgIpc) is 2.37. The van der Waals surface area contributed by atoms with Gasteiger partial charge in [-0.25, -0.2) is 0 Å². The van der Waals surface area contributed by atoms with Crippen molar-refractivity contribution in [1.29, 1.82) is 0 Å². The van der Waals surface area contributed by atoms with Crippen LogP contribution in [-0.4, -0.2) is 12.2 Å². The number of rotatable bonds is 3. The fourth-order valence-electron chi connectivity index (χ4n) is 2.09. The smallest absolute Gasteiger partial charge is 0.211 e. The van der Waals surface area contributed by atoms with Crippen LogP contribution in [-0.2, 0) is 4.79 Å². The maximum atomic E-state index is 12.5. The average molecular weight is 255 g/mol. The minimum Gasteiger partial charge on any atom is -0.328 e. The van der Waals surface area contributed by atoms with Crippen LogP contribution in [0, 0.1) is 5.41 Å². The summed E-state index contributed by atoms with van der Waals surface area (Å²) in [7, 11) is 0. The molecule has 0 aliphatic carbocycles. The van der Waals surface area contributed by atoms with Gasteiger partial charge < -0.3 is 5.32 Å². The Morgan fingerprint density at radius 1 is 1.05 bits per heavy atom. The molecule has 98 valence electrons. The quantitative estimate of drug-likeness (QED) is 0.672. The van der Waals surface area contributed by atoms with Crippen molar-refractivity contribution < 1.29 is 9.59 Å². The lowest BCUT2D eigenvalue weighted by Crippen LogP contribution is -2.20. The van der Waals surface area contributed by atoms with Gasteiger partial charge in [-0.3, -0.25) is 9.59 Å². The number of benzene rings is 2. The van der Waals surface area contributed by atoms with E-state index in [0.29, 0.717) is 12.0 Å². The van der Waals surface area contributed by atoms with Crippen LogP contribution in [0.1, 0.15) is 31.1 Å². The van der Waals surface area contributed by atoms with Gasteiger partial charge in [0.15, 0.2) is 5.78 Å². The Balaban J connectivity index is 2.68. The van der Waals surface area contributed by atoms with Gasteiger partial charge in [-0.05, 0) is 17.5 Å². The van der Waals surface area contributed by atoms with Crippen molar-refractivity contribution in [3.05, 3.63) is 42.0 Å². The molecule has 0 saturated heterocycles. The molecule has 2 aromatic rings. The second-order valence-electron chi connectivity index (χ2n) is 5.55. The Hall–Kier alpha value is -2.16. The van der Waals surface area contributed by atoms with Gasteiger partial charge in [0.25, 0.3) is 0 Å². The second kappa shape index (κ2) is 4.84. The predicted molar refractivity (Wildman–Crippen MR) is 77.4 cm³/mol. The lowest BCUT2D eigenvalue weighted by Gasteiger charge is -2.18. The van der Waals surface area contributed by atoms with Crippen molar-refractivity contribution in [3.8, 4) is 0 Å². The molecule has 0 heterocycles. The highest BCUT2D eigenvalue weighted by Crippen LogP contribution is 2.30. The molecule has 2 rings (SSSR count). The Morgan fingerprint density at radius 2 is 1.68 bits per heavy atom. The van der Waals surface area contributed by atoms with E-state index in [4.69, 9.17) is 0 Å². The zero-order valence-corrected chi connectivity index (χ0v) is 11.4. The van der Waals surface area contributed by atoms with Crippen LogP contribution in [0.4, 0.5) is 5.69 Å². The van der Waals surface area contributed by atoms with Gasteiger partial charge in [0.2, 0.25) is 6.41 Å². The van der Waals surface area contributed by atoms with E-state index in [-0.39, 0.29) is 5.78 Å². The number of fused-ring (bicyclic) bond motifs is 1. The van der Waals surface area contributed by atoms with E-state index >= 15 is 0 Å². The largest absolute Gasteiger partial charge is 0.328 e. The maximum absolute atomic E-state index is 12.5.